The number of nitro groups is 1. The molecule has 0 radical (unpaired) electrons. The van der Waals surface area contributed by atoms with Gasteiger partial charge in [-0.15, -0.1) is 0 Å². The maximum absolute atomic E-state index is 11.0. The van der Waals surface area contributed by atoms with Crippen LogP contribution in [-0.4, -0.2) is 24.1 Å². The largest absolute Gasteiger partial charge is 0.495 e. The summed E-state index contributed by atoms with van der Waals surface area (Å²) >= 11 is 3.36. The molecule has 0 saturated carbocycles. The molecule has 0 saturated heterocycles. The second-order valence-electron chi connectivity index (χ2n) is 3.95. The van der Waals surface area contributed by atoms with E-state index >= 15 is 0 Å². The number of aromatic nitrogens is 1. The van der Waals surface area contributed by atoms with Crippen LogP contribution in [0.5, 0.6) is 11.5 Å². The average Bonchev–Trinajstić information content (AvgIpc) is 2.49. The zero-order chi connectivity index (χ0) is 15.4. The zero-order valence-electron chi connectivity index (χ0n) is 11.3. The number of hydrogen-bond acceptors (Lipinski definition) is 6. The van der Waals surface area contributed by atoms with Gasteiger partial charge in [-0.1, -0.05) is 0 Å². The maximum Gasteiger partial charge on any atom is 0.311 e. The first kappa shape index (κ1) is 15.0. The van der Waals surface area contributed by atoms with Crippen LogP contribution in [0.15, 0.2) is 34.9 Å². The van der Waals surface area contributed by atoms with Crippen molar-refractivity contribution < 1.29 is 14.4 Å². The summed E-state index contributed by atoms with van der Waals surface area (Å²) in [5, 5.41) is 13.9. The number of halogens is 1. The van der Waals surface area contributed by atoms with Gasteiger partial charge in [-0.05, 0) is 22.0 Å². The average molecular weight is 354 g/mol. The van der Waals surface area contributed by atoms with Crippen molar-refractivity contribution in [2.24, 2.45) is 0 Å². The van der Waals surface area contributed by atoms with Crippen molar-refractivity contribution in [3.8, 4) is 11.5 Å². The summed E-state index contributed by atoms with van der Waals surface area (Å²) in [6.45, 7) is 0. The van der Waals surface area contributed by atoms with Gasteiger partial charge in [0.25, 0.3) is 0 Å². The molecule has 0 aliphatic heterocycles. The molecule has 0 bridgehead atoms. The van der Waals surface area contributed by atoms with Crippen LogP contribution in [0, 0.1) is 10.1 Å². The molecule has 1 N–H and O–H groups in total. The predicted octanol–water partition coefficient (Wildman–Crippen LogP) is 3.51. The molecule has 0 unspecified atom stereocenters. The molecule has 2 aromatic rings. The Labute approximate surface area is 129 Å². The number of methoxy groups -OCH3 is 2. The first-order valence-electron chi connectivity index (χ1n) is 5.84. The van der Waals surface area contributed by atoms with Gasteiger partial charge in [0.15, 0.2) is 0 Å². The van der Waals surface area contributed by atoms with Crippen LogP contribution < -0.4 is 14.8 Å². The van der Waals surface area contributed by atoms with E-state index in [4.69, 9.17) is 9.47 Å². The minimum atomic E-state index is -0.497. The summed E-state index contributed by atoms with van der Waals surface area (Å²) in [7, 11) is 3.04. The van der Waals surface area contributed by atoms with Crippen LogP contribution in [0.4, 0.5) is 17.2 Å². The molecule has 8 heteroatoms. The summed E-state index contributed by atoms with van der Waals surface area (Å²) in [5.74, 6) is 1.22. The van der Waals surface area contributed by atoms with Crippen LogP contribution >= 0.6 is 15.9 Å². The molecule has 0 atom stereocenters. The molecule has 0 amide bonds. The van der Waals surface area contributed by atoms with E-state index in [0.717, 1.165) is 0 Å². The molecule has 1 aromatic carbocycles. The van der Waals surface area contributed by atoms with Gasteiger partial charge >= 0.3 is 5.69 Å². The van der Waals surface area contributed by atoms with Crippen LogP contribution in [0.2, 0.25) is 0 Å². The van der Waals surface area contributed by atoms with Gasteiger partial charge in [0.2, 0.25) is 5.82 Å². The van der Waals surface area contributed by atoms with Crippen LogP contribution in [-0.2, 0) is 0 Å². The van der Waals surface area contributed by atoms with E-state index in [1.54, 1.807) is 12.1 Å². The van der Waals surface area contributed by atoms with E-state index in [0.29, 0.717) is 21.7 Å². The van der Waals surface area contributed by atoms with Gasteiger partial charge in [-0.3, -0.25) is 10.1 Å². The molecule has 1 heterocycles. The fourth-order valence-corrected chi connectivity index (χ4v) is 2.27. The van der Waals surface area contributed by atoms with Crippen molar-refractivity contribution in [3.63, 3.8) is 0 Å². The van der Waals surface area contributed by atoms with E-state index in [1.165, 1.54) is 32.5 Å². The van der Waals surface area contributed by atoms with Gasteiger partial charge < -0.3 is 14.8 Å². The number of benzene rings is 1. The summed E-state index contributed by atoms with van der Waals surface area (Å²) in [4.78, 5) is 14.5. The zero-order valence-corrected chi connectivity index (χ0v) is 12.9. The molecule has 2 rings (SSSR count). The predicted molar refractivity (Wildman–Crippen MR) is 81.4 cm³/mol. The topological polar surface area (TPSA) is 86.5 Å². The fourth-order valence-electron chi connectivity index (χ4n) is 1.72. The molecule has 7 nitrogen and oxygen atoms in total. The Morgan fingerprint density at radius 2 is 1.90 bits per heavy atom. The molecular formula is C13H12BrN3O4. The maximum atomic E-state index is 11.0. The monoisotopic (exact) mass is 353 g/mol. The lowest BCUT2D eigenvalue weighted by atomic mass is 10.2. The first-order valence-corrected chi connectivity index (χ1v) is 6.64. The minimum absolute atomic E-state index is 0.113. The Bertz CT molecular complexity index is 653. The third kappa shape index (κ3) is 3.22. The number of rotatable bonds is 5. The number of nitrogens with zero attached hydrogens (tertiary/aromatic N) is 2. The van der Waals surface area contributed by atoms with Crippen molar-refractivity contribution in [2.45, 2.75) is 0 Å². The number of hydrogen-bond donors (Lipinski definition) is 1. The lowest BCUT2D eigenvalue weighted by molar-refractivity contribution is -0.384. The van der Waals surface area contributed by atoms with Crippen molar-refractivity contribution >= 4 is 33.1 Å². The highest BCUT2D eigenvalue weighted by atomic mass is 79.9. The van der Waals surface area contributed by atoms with E-state index in [2.05, 4.69) is 26.2 Å². The number of ether oxygens (including phenoxy) is 2. The number of nitrogens with one attached hydrogen (secondary N) is 1. The summed E-state index contributed by atoms with van der Waals surface area (Å²) < 4.78 is 11.1. The Morgan fingerprint density at radius 1 is 1.29 bits per heavy atom. The summed E-state index contributed by atoms with van der Waals surface area (Å²) in [6, 6.07) is 6.25. The van der Waals surface area contributed by atoms with Gasteiger partial charge in [0, 0.05) is 30.1 Å². The highest BCUT2D eigenvalue weighted by molar-refractivity contribution is 9.10. The third-order valence-corrected chi connectivity index (χ3v) is 3.47. The Balaban J connectivity index is 2.43. The Morgan fingerprint density at radius 3 is 2.43 bits per heavy atom. The van der Waals surface area contributed by atoms with Gasteiger partial charge in [0.05, 0.1) is 19.1 Å². The van der Waals surface area contributed by atoms with Crippen LogP contribution in [0.25, 0.3) is 0 Å². The van der Waals surface area contributed by atoms with E-state index < -0.39 is 4.92 Å². The lowest BCUT2D eigenvalue weighted by Crippen LogP contribution is -2.00. The van der Waals surface area contributed by atoms with E-state index in [1.807, 2.05) is 0 Å². The highest BCUT2D eigenvalue weighted by Crippen LogP contribution is 2.38. The molecule has 110 valence electrons. The molecule has 0 fully saturated rings. The van der Waals surface area contributed by atoms with Crippen LogP contribution in [0.3, 0.4) is 0 Å². The van der Waals surface area contributed by atoms with Crippen molar-refractivity contribution in [3.05, 3.63) is 45.0 Å². The molecule has 21 heavy (non-hydrogen) atoms. The molecule has 0 aliphatic carbocycles. The SMILES string of the molecule is COc1cc(Nc2ncccc2[N+](=O)[O-])cc(OC)c1Br. The quantitative estimate of drug-likeness (QED) is 0.653. The second kappa shape index (κ2) is 6.40. The van der Waals surface area contributed by atoms with Gasteiger partial charge in [-0.2, -0.15) is 0 Å². The first-order chi connectivity index (χ1) is 10.1. The van der Waals surface area contributed by atoms with E-state index in [9.17, 15) is 10.1 Å². The second-order valence-corrected chi connectivity index (χ2v) is 4.74. The van der Waals surface area contributed by atoms with Crippen molar-refractivity contribution in [1.29, 1.82) is 0 Å². The Hall–Kier alpha value is -2.35. The minimum Gasteiger partial charge on any atom is -0.495 e. The normalized spacial score (nSPS) is 10.0. The molecule has 1 aromatic heterocycles. The lowest BCUT2D eigenvalue weighted by Gasteiger charge is -2.12. The number of anilines is 2. The molecule has 0 aliphatic rings. The number of pyridine rings is 1. The van der Waals surface area contributed by atoms with Crippen molar-refractivity contribution in [1.82, 2.24) is 4.98 Å². The van der Waals surface area contributed by atoms with Crippen LogP contribution in [0.1, 0.15) is 0 Å². The summed E-state index contributed by atoms with van der Waals surface area (Å²) in [5.41, 5.74) is 0.451. The summed E-state index contributed by atoms with van der Waals surface area (Å²) in [6.07, 6.45) is 1.47. The fraction of sp³-hybridized carbons (Fsp3) is 0.154. The molecular weight excluding hydrogens is 342 g/mol. The van der Waals surface area contributed by atoms with E-state index in [-0.39, 0.29) is 11.5 Å². The van der Waals surface area contributed by atoms with Gasteiger partial charge in [0.1, 0.15) is 16.0 Å². The Kier molecular flexibility index (Phi) is 4.59. The van der Waals surface area contributed by atoms with Gasteiger partial charge in [-0.25, -0.2) is 4.98 Å². The standard InChI is InChI=1S/C13H12BrN3O4/c1-20-10-6-8(7-11(21-2)12(10)14)16-13-9(17(18)19)4-3-5-15-13/h3-7H,1-2H3,(H,15,16). The van der Waals surface area contributed by atoms with Crippen molar-refractivity contribution in [2.75, 3.05) is 19.5 Å². The molecule has 0 spiro atoms. The third-order valence-electron chi connectivity index (χ3n) is 2.69. The smallest absolute Gasteiger partial charge is 0.311 e. The highest BCUT2D eigenvalue weighted by Gasteiger charge is 2.16.